The Morgan fingerprint density at radius 3 is 2.92 bits per heavy atom. The van der Waals surface area contributed by atoms with Crippen LogP contribution in [0.5, 0.6) is 0 Å². The van der Waals surface area contributed by atoms with E-state index in [1.807, 2.05) is 12.1 Å². The largest absolute Gasteiger partial charge is 0.378 e. The Kier molecular flexibility index (Phi) is 5.67. The summed E-state index contributed by atoms with van der Waals surface area (Å²) in [5.41, 5.74) is 0.812. The van der Waals surface area contributed by atoms with E-state index in [4.69, 9.17) is 16.3 Å². The number of rotatable bonds is 7. The molecule has 2 aromatic rings. The number of aryl methyl sites for hydroxylation is 1. The van der Waals surface area contributed by atoms with Crippen LogP contribution in [-0.2, 0) is 21.8 Å². The molecule has 2 heterocycles. The van der Waals surface area contributed by atoms with Gasteiger partial charge in [0, 0.05) is 37.0 Å². The third kappa shape index (κ3) is 4.09. The molecular weight excluding hydrogens is 376 g/mol. The Balaban J connectivity index is 1.80. The van der Waals surface area contributed by atoms with Gasteiger partial charge in [-0.15, -0.1) is 6.58 Å². The fourth-order valence-electron chi connectivity index (χ4n) is 2.88. The van der Waals surface area contributed by atoms with E-state index in [2.05, 4.69) is 16.9 Å². The highest BCUT2D eigenvalue weighted by atomic mass is 35.5. The SMILES string of the molecule is C=CCOC1CN(S(=O)(=O)c2cn(C)cn2)CC1Nc1cccc(Cl)c1. The average molecular weight is 397 g/mol. The number of hydrogen-bond acceptors (Lipinski definition) is 5. The summed E-state index contributed by atoms with van der Waals surface area (Å²) in [4.78, 5) is 3.98. The lowest BCUT2D eigenvalue weighted by molar-refractivity contribution is 0.0793. The molecule has 2 atom stereocenters. The predicted octanol–water partition coefficient (Wildman–Crippen LogP) is 2.13. The lowest BCUT2D eigenvalue weighted by Gasteiger charge is -2.20. The molecule has 140 valence electrons. The Morgan fingerprint density at radius 2 is 2.27 bits per heavy atom. The third-order valence-corrected chi connectivity index (χ3v) is 6.08. The number of sulfonamides is 1. The number of nitrogens with zero attached hydrogens (tertiary/aromatic N) is 3. The summed E-state index contributed by atoms with van der Waals surface area (Å²) in [5.74, 6) is 0. The van der Waals surface area contributed by atoms with Crippen molar-refractivity contribution < 1.29 is 13.2 Å². The van der Waals surface area contributed by atoms with E-state index in [-0.39, 0.29) is 30.3 Å². The minimum atomic E-state index is -3.68. The van der Waals surface area contributed by atoms with Gasteiger partial charge in [-0.05, 0) is 18.2 Å². The van der Waals surface area contributed by atoms with E-state index in [1.165, 1.54) is 16.8 Å². The van der Waals surface area contributed by atoms with Crippen LogP contribution in [0.1, 0.15) is 0 Å². The van der Waals surface area contributed by atoms with Crippen LogP contribution in [-0.4, -0.2) is 54.1 Å². The molecule has 1 fully saturated rings. The van der Waals surface area contributed by atoms with Gasteiger partial charge in [0.25, 0.3) is 10.0 Å². The molecule has 0 aliphatic carbocycles. The summed E-state index contributed by atoms with van der Waals surface area (Å²) in [5, 5.41) is 3.96. The summed E-state index contributed by atoms with van der Waals surface area (Å²) >= 11 is 6.03. The van der Waals surface area contributed by atoms with Crippen LogP contribution in [0.2, 0.25) is 5.02 Å². The summed E-state index contributed by atoms with van der Waals surface area (Å²) in [6.07, 6.45) is 4.29. The van der Waals surface area contributed by atoms with Crippen LogP contribution in [0.25, 0.3) is 0 Å². The number of halogens is 1. The molecule has 0 amide bonds. The zero-order valence-electron chi connectivity index (χ0n) is 14.4. The van der Waals surface area contributed by atoms with Gasteiger partial charge in [-0.25, -0.2) is 13.4 Å². The average Bonchev–Trinajstić information content (AvgIpc) is 3.20. The molecule has 1 N–H and O–H groups in total. The van der Waals surface area contributed by atoms with Gasteiger partial charge in [0.2, 0.25) is 0 Å². The molecule has 0 saturated carbocycles. The molecule has 0 radical (unpaired) electrons. The number of imidazole rings is 1. The number of anilines is 1. The normalized spacial score (nSPS) is 21.0. The predicted molar refractivity (Wildman–Crippen MR) is 101 cm³/mol. The Labute approximate surface area is 158 Å². The highest BCUT2D eigenvalue weighted by molar-refractivity contribution is 7.89. The second kappa shape index (κ2) is 7.79. The van der Waals surface area contributed by atoms with Crippen LogP contribution in [0, 0.1) is 0 Å². The van der Waals surface area contributed by atoms with Crippen molar-refractivity contribution >= 4 is 27.3 Å². The van der Waals surface area contributed by atoms with E-state index in [1.54, 1.807) is 29.8 Å². The Hall–Kier alpha value is -1.87. The molecule has 26 heavy (non-hydrogen) atoms. The molecule has 3 rings (SSSR count). The number of ether oxygens (including phenoxy) is 1. The maximum absolute atomic E-state index is 12.8. The van der Waals surface area contributed by atoms with Crippen molar-refractivity contribution in [3.8, 4) is 0 Å². The van der Waals surface area contributed by atoms with E-state index in [0.29, 0.717) is 11.6 Å². The van der Waals surface area contributed by atoms with Gasteiger partial charge in [-0.3, -0.25) is 0 Å². The molecule has 1 aliphatic rings. The number of aromatic nitrogens is 2. The van der Waals surface area contributed by atoms with Gasteiger partial charge >= 0.3 is 0 Å². The van der Waals surface area contributed by atoms with Crippen molar-refractivity contribution in [2.24, 2.45) is 7.05 Å². The molecule has 1 aliphatic heterocycles. The zero-order chi connectivity index (χ0) is 18.7. The van der Waals surface area contributed by atoms with Crippen LogP contribution in [0.3, 0.4) is 0 Å². The number of hydrogen-bond donors (Lipinski definition) is 1. The molecule has 0 spiro atoms. The maximum atomic E-state index is 12.8. The number of benzene rings is 1. The molecule has 2 unspecified atom stereocenters. The minimum absolute atomic E-state index is 0.0332. The van der Waals surface area contributed by atoms with E-state index >= 15 is 0 Å². The van der Waals surface area contributed by atoms with Crippen LogP contribution in [0.15, 0.2) is 54.5 Å². The molecule has 7 nitrogen and oxygen atoms in total. The first kappa shape index (κ1) is 18.9. The fourth-order valence-corrected chi connectivity index (χ4v) is 4.52. The van der Waals surface area contributed by atoms with Crippen molar-refractivity contribution in [1.82, 2.24) is 13.9 Å². The van der Waals surface area contributed by atoms with E-state index in [9.17, 15) is 8.42 Å². The van der Waals surface area contributed by atoms with Crippen LogP contribution in [0.4, 0.5) is 5.69 Å². The lowest BCUT2D eigenvalue weighted by atomic mass is 10.2. The highest BCUT2D eigenvalue weighted by Gasteiger charge is 2.40. The van der Waals surface area contributed by atoms with Crippen molar-refractivity contribution in [3.05, 3.63) is 54.5 Å². The molecule has 1 aromatic heterocycles. The first-order chi connectivity index (χ1) is 12.4. The molecule has 9 heteroatoms. The van der Waals surface area contributed by atoms with Gasteiger partial charge in [-0.2, -0.15) is 4.31 Å². The quantitative estimate of drug-likeness (QED) is 0.725. The van der Waals surface area contributed by atoms with Crippen LogP contribution >= 0.6 is 11.6 Å². The molecular formula is C17H21ClN4O3S. The van der Waals surface area contributed by atoms with Crippen molar-refractivity contribution in [2.75, 3.05) is 25.0 Å². The second-order valence-electron chi connectivity index (χ2n) is 6.12. The smallest absolute Gasteiger partial charge is 0.262 e. The van der Waals surface area contributed by atoms with E-state index in [0.717, 1.165) is 5.69 Å². The standard InChI is InChI=1S/C17H21ClN4O3S/c1-3-7-25-16-10-22(26(23,24)17-11-21(2)12-19-17)9-15(16)20-14-6-4-5-13(18)8-14/h3-6,8,11-12,15-16,20H,1,7,9-10H2,2H3. The lowest BCUT2D eigenvalue weighted by Crippen LogP contribution is -2.34. The third-order valence-electron chi connectivity index (χ3n) is 4.12. The van der Waals surface area contributed by atoms with Gasteiger partial charge in [0.1, 0.15) is 0 Å². The van der Waals surface area contributed by atoms with E-state index < -0.39 is 10.0 Å². The van der Waals surface area contributed by atoms with Gasteiger partial charge < -0.3 is 14.6 Å². The molecule has 1 saturated heterocycles. The topological polar surface area (TPSA) is 76.5 Å². The van der Waals surface area contributed by atoms with Crippen LogP contribution < -0.4 is 5.32 Å². The maximum Gasteiger partial charge on any atom is 0.262 e. The van der Waals surface area contributed by atoms with Gasteiger partial charge in [0.15, 0.2) is 5.03 Å². The highest BCUT2D eigenvalue weighted by Crippen LogP contribution is 2.25. The van der Waals surface area contributed by atoms with Crippen molar-refractivity contribution in [1.29, 1.82) is 0 Å². The van der Waals surface area contributed by atoms with Gasteiger partial charge in [0.05, 0.1) is 25.1 Å². The van der Waals surface area contributed by atoms with Crippen molar-refractivity contribution in [3.63, 3.8) is 0 Å². The first-order valence-electron chi connectivity index (χ1n) is 8.13. The second-order valence-corrected chi connectivity index (χ2v) is 8.44. The Bertz CT molecular complexity index is 884. The number of nitrogens with one attached hydrogen (secondary N) is 1. The minimum Gasteiger partial charge on any atom is -0.378 e. The summed E-state index contributed by atoms with van der Waals surface area (Å²) in [7, 11) is -1.95. The monoisotopic (exact) mass is 396 g/mol. The summed E-state index contributed by atoms with van der Waals surface area (Å²) in [6, 6.07) is 7.08. The first-order valence-corrected chi connectivity index (χ1v) is 9.94. The molecule has 0 bridgehead atoms. The Morgan fingerprint density at radius 1 is 1.46 bits per heavy atom. The summed E-state index contributed by atoms with van der Waals surface area (Å²) in [6.45, 7) is 4.51. The summed E-state index contributed by atoms with van der Waals surface area (Å²) < 4.78 is 34.5. The van der Waals surface area contributed by atoms with Crippen molar-refractivity contribution in [2.45, 2.75) is 17.2 Å². The zero-order valence-corrected chi connectivity index (χ0v) is 15.9. The molecule has 1 aromatic carbocycles. The fraction of sp³-hybridized carbons (Fsp3) is 0.353. The van der Waals surface area contributed by atoms with Gasteiger partial charge in [-0.1, -0.05) is 23.7 Å².